The summed E-state index contributed by atoms with van der Waals surface area (Å²) in [5.74, 6) is -0.240. The third-order valence-corrected chi connectivity index (χ3v) is 3.47. The Morgan fingerprint density at radius 1 is 1.35 bits per heavy atom. The summed E-state index contributed by atoms with van der Waals surface area (Å²) >= 11 is 0. The lowest BCUT2D eigenvalue weighted by atomic mass is 10.3. The molecule has 0 amide bonds. The molecule has 2 rings (SSSR count). The first kappa shape index (κ1) is 11.4. The van der Waals surface area contributed by atoms with Crippen LogP contribution in [0.2, 0.25) is 0 Å². The van der Waals surface area contributed by atoms with Crippen LogP contribution >= 0.6 is 0 Å². The molecule has 0 bridgehead atoms. The van der Waals surface area contributed by atoms with Gasteiger partial charge in [-0.3, -0.25) is 0 Å². The lowest BCUT2D eigenvalue weighted by Gasteiger charge is -2.07. The standard InChI is InChI=1S/C9H10N4O3S/c1-13-9(10-6-11-13)12-17(15,16)8-5-3-2-4-7(8)14/h2-6,14H,1H3,(H,10,11,12). The number of sulfonamides is 1. The number of hydrogen-bond acceptors (Lipinski definition) is 5. The highest BCUT2D eigenvalue weighted by molar-refractivity contribution is 7.92. The molecule has 0 aliphatic heterocycles. The minimum absolute atomic E-state index is 0.0771. The second-order valence-electron chi connectivity index (χ2n) is 3.28. The molecule has 90 valence electrons. The van der Waals surface area contributed by atoms with Crippen LogP contribution in [0.25, 0.3) is 0 Å². The molecule has 8 heteroatoms. The lowest BCUT2D eigenvalue weighted by Crippen LogP contribution is -2.16. The fraction of sp³-hybridized carbons (Fsp3) is 0.111. The van der Waals surface area contributed by atoms with Gasteiger partial charge in [-0.15, -0.1) is 0 Å². The van der Waals surface area contributed by atoms with Crippen LogP contribution in [0.5, 0.6) is 5.75 Å². The first-order chi connectivity index (χ1) is 8.00. The van der Waals surface area contributed by atoms with Gasteiger partial charge in [0.2, 0.25) is 5.95 Å². The van der Waals surface area contributed by atoms with Crippen molar-refractivity contribution in [3.63, 3.8) is 0 Å². The summed E-state index contributed by atoms with van der Waals surface area (Å²) in [6.45, 7) is 0. The van der Waals surface area contributed by atoms with E-state index in [2.05, 4.69) is 14.8 Å². The molecule has 0 saturated carbocycles. The van der Waals surface area contributed by atoms with E-state index in [1.807, 2.05) is 0 Å². The van der Waals surface area contributed by atoms with Crippen LogP contribution in [0.1, 0.15) is 0 Å². The van der Waals surface area contributed by atoms with Crippen LogP contribution in [-0.4, -0.2) is 28.3 Å². The van der Waals surface area contributed by atoms with E-state index in [0.717, 1.165) is 0 Å². The average Bonchev–Trinajstić information content (AvgIpc) is 2.64. The van der Waals surface area contributed by atoms with Crippen molar-refractivity contribution in [2.45, 2.75) is 4.90 Å². The van der Waals surface area contributed by atoms with Crippen LogP contribution in [0, 0.1) is 0 Å². The molecule has 0 aliphatic carbocycles. The van der Waals surface area contributed by atoms with Gasteiger partial charge < -0.3 is 5.11 Å². The predicted molar refractivity (Wildman–Crippen MR) is 59.9 cm³/mol. The lowest BCUT2D eigenvalue weighted by molar-refractivity contribution is 0.459. The van der Waals surface area contributed by atoms with Gasteiger partial charge >= 0.3 is 0 Å². The minimum atomic E-state index is -3.86. The van der Waals surface area contributed by atoms with Crippen molar-refractivity contribution >= 4 is 16.0 Å². The molecule has 7 nitrogen and oxygen atoms in total. The molecule has 1 heterocycles. The Balaban J connectivity index is 2.39. The van der Waals surface area contributed by atoms with Crippen molar-refractivity contribution in [3.8, 4) is 5.75 Å². The first-order valence-corrected chi connectivity index (χ1v) is 6.14. The number of aromatic hydroxyl groups is 1. The summed E-state index contributed by atoms with van der Waals surface area (Å²) < 4.78 is 27.3. The highest BCUT2D eigenvalue weighted by atomic mass is 32.2. The number of phenolic OH excluding ortho intramolecular Hbond substituents is 1. The van der Waals surface area contributed by atoms with Crippen molar-refractivity contribution in [1.29, 1.82) is 0 Å². The Bertz CT molecular complexity index is 635. The molecule has 0 unspecified atom stereocenters. The Morgan fingerprint density at radius 2 is 2.06 bits per heavy atom. The maximum absolute atomic E-state index is 11.9. The number of benzene rings is 1. The molecule has 0 atom stereocenters. The molecule has 2 aromatic rings. The predicted octanol–water partition coefficient (Wildman–Crippen LogP) is 0.321. The molecule has 0 saturated heterocycles. The smallest absolute Gasteiger partial charge is 0.267 e. The van der Waals surface area contributed by atoms with Gasteiger partial charge in [0.25, 0.3) is 10.0 Å². The minimum Gasteiger partial charge on any atom is -0.507 e. The van der Waals surface area contributed by atoms with Crippen LogP contribution in [0.4, 0.5) is 5.95 Å². The number of aryl methyl sites for hydroxylation is 1. The highest BCUT2D eigenvalue weighted by Gasteiger charge is 2.19. The number of para-hydroxylation sites is 1. The maximum atomic E-state index is 11.9. The van der Waals surface area contributed by atoms with Gasteiger partial charge in [-0.1, -0.05) is 12.1 Å². The van der Waals surface area contributed by atoms with Crippen molar-refractivity contribution < 1.29 is 13.5 Å². The van der Waals surface area contributed by atoms with Gasteiger partial charge in [-0.25, -0.2) is 17.8 Å². The van der Waals surface area contributed by atoms with E-state index in [1.54, 1.807) is 7.05 Å². The summed E-state index contributed by atoms with van der Waals surface area (Å²) in [5.41, 5.74) is 0. The number of rotatable bonds is 3. The summed E-state index contributed by atoms with van der Waals surface area (Å²) in [6, 6.07) is 5.65. The first-order valence-electron chi connectivity index (χ1n) is 4.65. The van der Waals surface area contributed by atoms with Gasteiger partial charge in [0, 0.05) is 7.05 Å². The monoisotopic (exact) mass is 254 g/mol. The largest absolute Gasteiger partial charge is 0.507 e. The molecule has 0 aliphatic rings. The number of phenols is 1. The van der Waals surface area contributed by atoms with Crippen LogP contribution in [-0.2, 0) is 17.1 Å². The van der Waals surface area contributed by atoms with Crippen molar-refractivity contribution in [2.24, 2.45) is 7.05 Å². The molecule has 1 aromatic carbocycles. The fourth-order valence-corrected chi connectivity index (χ4v) is 2.38. The van der Waals surface area contributed by atoms with Gasteiger partial charge in [0.15, 0.2) is 0 Å². The number of nitrogens with zero attached hydrogens (tertiary/aromatic N) is 3. The van der Waals surface area contributed by atoms with E-state index < -0.39 is 10.0 Å². The molecular formula is C9H10N4O3S. The normalized spacial score (nSPS) is 11.4. The van der Waals surface area contributed by atoms with Crippen molar-refractivity contribution in [3.05, 3.63) is 30.6 Å². The van der Waals surface area contributed by atoms with E-state index in [4.69, 9.17) is 0 Å². The van der Waals surface area contributed by atoms with Crippen LogP contribution < -0.4 is 4.72 Å². The quantitative estimate of drug-likeness (QED) is 0.822. The molecular weight excluding hydrogens is 244 g/mol. The van der Waals surface area contributed by atoms with E-state index in [-0.39, 0.29) is 16.6 Å². The van der Waals surface area contributed by atoms with Gasteiger partial charge in [0.05, 0.1) is 0 Å². The van der Waals surface area contributed by atoms with Crippen molar-refractivity contribution in [1.82, 2.24) is 14.8 Å². The van der Waals surface area contributed by atoms with E-state index in [0.29, 0.717) is 0 Å². The summed E-state index contributed by atoms with van der Waals surface area (Å²) in [7, 11) is -2.31. The Hall–Kier alpha value is -2.09. The van der Waals surface area contributed by atoms with Crippen LogP contribution in [0.15, 0.2) is 35.5 Å². The van der Waals surface area contributed by atoms with Gasteiger partial charge in [-0.2, -0.15) is 10.1 Å². The average molecular weight is 254 g/mol. The van der Waals surface area contributed by atoms with Gasteiger partial charge in [0.1, 0.15) is 17.0 Å². The molecule has 0 fully saturated rings. The highest BCUT2D eigenvalue weighted by Crippen LogP contribution is 2.23. The van der Waals surface area contributed by atoms with Crippen molar-refractivity contribution in [2.75, 3.05) is 4.72 Å². The van der Waals surface area contributed by atoms with Gasteiger partial charge in [-0.05, 0) is 12.1 Å². The zero-order valence-corrected chi connectivity index (χ0v) is 9.72. The third-order valence-electron chi connectivity index (χ3n) is 2.09. The third kappa shape index (κ3) is 2.21. The number of hydrogen-bond donors (Lipinski definition) is 2. The Morgan fingerprint density at radius 3 is 2.65 bits per heavy atom. The second-order valence-corrected chi connectivity index (χ2v) is 4.93. The Labute approximate surface area is 97.8 Å². The fourth-order valence-electron chi connectivity index (χ4n) is 1.25. The number of anilines is 1. The zero-order chi connectivity index (χ0) is 12.5. The SMILES string of the molecule is Cn1ncnc1NS(=O)(=O)c1ccccc1O. The van der Waals surface area contributed by atoms with Crippen LogP contribution in [0.3, 0.4) is 0 Å². The summed E-state index contributed by atoms with van der Waals surface area (Å²) in [4.78, 5) is 3.53. The number of nitrogens with one attached hydrogen (secondary N) is 1. The molecule has 0 radical (unpaired) electrons. The summed E-state index contributed by atoms with van der Waals surface area (Å²) in [6.07, 6.45) is 1.22. The molecule has 1 aromatic heterocycles. The second kappa shape index (κ2) is 4.06. The topological polar surface area (TPSA) is 97.1 Å². The van der Waals surface area contributed by atoms with E-state index in [9.17, 15) is 13.5 Å². The molecule has 2 N–H and O–H groups in total. The summed E-state index contributed by atoms with van der Waals surface area (Å²) in [5, 5.41) is 13.2. The Kier molecular flexibility index (Phi) is 2.72. The maximum Gasteiger partial charge on any atom is 0.267 e. The van der Waals surface area contributed by atoms with E-state index >= 15 is 0 Å². The molecule has 17 heavy (non-hydrogen) atoms. The van der Waals surface area contributed by atoms with E-state index in [1.165, 1.54) is 35.3 Å². The zero-order valence-electron chi connectivity index (χ0n) is 8.90. The number of aromatic nitrogens is 3. The molecule has 0 spiro atoms.